The Morgan fingerprint density at radius 2 is 1.89 bits per heavy atom. The van der Waals surface area contributed by atoms with E-state index in [2.05, 4.69) is 12.2 Å². The Bertz CT molecular complexity index is 689. The van der Waals surface area contributed by atoms with Crippen molar-refractivity contribution in [3.05, 3.63) is 23.2 Å². The number of urea groups is 1. The van der Waals surface area contributed by atoms with Crippen LogP contribution in [-0.4, -0.2) is 55.0 Å². The number of ether oxygens (including phenoxy) is 1. The zero-order valence-corrected chi connectivity index (χ0v) is 16.8. The van der Waals surface area contributed by atoms with Gasteiger partial charge in [-0.25, -0.2) is 4.79 Å². The number of carbonyl (C=O) groups is 2. The fourth-order valence-corrected chi connectivity index (χ4v) is 4.06. The molecule has 1 atom stereocenters. The second-order valence-electron chi connectivity index (χ2n) is 7.57. The van der Waals surface area contributed by atoms with Crippen molar-refractivity contribution >= 4 is 29.2 Å². The molecule has 1 N–H and O–H groups in total. The average molecular weight is 394 g/mol. The molecule has 0 aromatic heterocycles. The number of nitrogens with one attached hydrogen (secondary N) is 1. The normalized spacial score (nSPS) is 21.1. The van der Waals surface area contributed by atoms with Crippen LogP contribution in [0.15, 0.2) is 18.2 Å². The van der Waals surface area contributed by atoms with Crippen LogP contribution in [0.4, 0.5) is 10.5 Å². The molecule has 0 radical (unpaired) electrons. The van der Waals surface area contributed by atoms with Gasteiger partial charge in [-0.2, -0.15) is 0 Å². The van der Waals surface area contributed by atoms with Crippen molar-refractivity contribution in [2.75, 3.05) is 38.6 Å². The van der Waals surface area contributed by atoms with Crippen LogP contribution in [0.5, 0.6) is 5.75 Å². The van der Waals surface area contributed by atoms with Crippen LogP contribution in [0.2, 0.25) is 5.02 Å². The summed E-state index contributed by atoms with van der Waals surface area (Å²) in [6, 6.07) is 4.95. The van der Waals surface area contributed by atoms with E-state index in [-0.39, 0.29) is 17.9 Å². The molecule has 2 fully saturated rings. The van der Waals surface area contributed by atoms with Crippen LogP contribution in [0.1, 0.15) is 32.6 Å². The summed E-state index contributed by atoms with van der Waals surface area (Å²) in [5, 5.41) is 3.31. The van der Waals surface area contributed by atoms with Crippen molar-refractivity contribution in [3.63, 3.8) is 0 Å². The largest absolute Gasteiger partial charge is 0.497 e. The van der Waals surface area contributed by atoms with Crippen molar-refractivity contribution in [2.24, 2.45) is 11.8 Å². The van der Waals surface area contributed by atoms with Crippen molar-refractivity contribution in [1.82, 2.24) is 9.80 Å². The molecule has 6 nitrogen and oxygen atoms in total. The van der Waals surface area contributed by atoms with Gasteiger partial charge >= 0.3 is 6.03 Å². The first kappa shape index (κ1) is 19.8. The zero-order chi connectivity index (χ0) is 19.4. The van der Waals surface area contributed by atoms with Gasteiger partial charge in [-0.1, -0.05) is 18.5 Å². The van der Waals surface area contributed by atoms with E-state index in [0.717, 1.165) is 19.5 Å². The standard InChI is InChI=1S/C20H28ClN3O3/c1-14-4-3-9-24(13-14)19(25)15-7-10-23(11-8-15)20(26)22-18-12-16(27-2)5-6-17(18)21/h5-6,12,14-15H,3-4,7-11,13H2,1-2H3,(H,22,26). The smallest absolute Gasteiger partial charge is 0.321 e. The summed E-state index contributed by atoms with van der Waals surface area (Å²) in [4.78, 5) is 29.1. The molecular weight excluding hydrogens is 366 g/mol. The third kappa shape index (κ3) is 4.86. The number of hydrogen-bond acceptors (Lipinski definition) is 3. The van der Waals surface area contributed by atoms with Crippen LogP contribution in [0.3, 0.4) is 0 Å². The maximum atomic E-state index is 12.8. The highest BCUT2D eigenvalue weighted by atomic mass is 35.5. The molecular formula is C20H28ClN3O3. The maximum absolute atomic E-state index is 12.8. The predicted molar refractivity (Wildman–Crippen MR) is 106 cm³/mol. The second kappa shape index (κ2) is 8.83. The van der Waals surface area contributed by atoms with E-state index < -0.39 is 0 Å². The van der Waals surface area contributed by atoms with E-state index in [1.54, 1.807) is 30.2 Å². The third-order valence-electron chi connectivity index (χ3n) is 5.52. The number of nitrogens with zero attached hydrogens (tertiary/aromatic N) is 2. The van der Waals surface area contributed by atoms with E-state index in [1.807, 2.05) is 4.90 Å². The lowest BCUT2D eigenvalue weighted by Crippen LogP contribution is -2.47. The van der Waals surface area contributed by atoms with Gasteiger partial charge in [0, 0.05) is 38.2 Å². The Morgan fingerprint density at radius 3 is 2.56 bits per heavy atom. The summed E-state index contributed by atoms with van der Waals surface area (Å²) < 4.78 is 5.18. The van der Waals surface area contributed by atoms with Gasteiger partial charge in [-0.3, -0.25) is 4.79 Å². The first-order valence-electron chi connectivity index (χ1n) is 9.66. The number of benzene rings is 1. The highest BCUT2D eigenvalue weighted by Crippen LogP contribution is 2.28. The second-order valence-corrected chi connectivity index (χ2v) is 7.98. The Balaban J connectivity index is 1.53. The number of carbonyl (C=O) groups excluding carboxylic acids is 2. The summed E-state index contributed by atoms with van der Waals surface area (Å²) in [5.74, 6) is 1.51. The summed E-state index contributed by atoms with van der Waals surface area (Å²) in [6.07, 6.45) is 3.72. The number of methoxy groups -OCH3 is 1. The summed E-state index contributed by atoms with van der Waals surface area (Å²) in [7, 11) is 1.57. The van der Waals surface area contributed by atoms with Crippen molar-refractivity contribution in [2.45, 2.75) is 32.6 Å². The molecule has 1 aromatic rings. The Kier molecular flexibility index (Phi) is 6.47. The van der Waals surface area contributed by atoms with E-state index in [9.17, 15) is 9.59 Å². The molecule has 0 bridgehead atoms. The monoisotopic (exact) mass is 393 g/mol. The van der Waals surface area contributed by atoms with Crippen molar-refractivity contribution in [1.29, 1.82) is 0 Å². The van der Waals surface area contributed by atoms with Gasteiger partial charge in [0.2, 0.25) is 5.91 Å². The molecule has 27 heavy (non-hydrogen) atoms. The molecule has 2 saturated heterocycles. The molecule has 2 heterocycles. The number of anilines is 1. The van der Waals surface area contributed by atoms with E-state index >= 15 is 0 Å². The molecule has 7 heteroatoms. The first-order valence-corrected chi connectivity index (χ1v) is 10.0. The van der Waals surface area contributed by atoms with Crippen molar-refractivity contribution in [3.8, 4) is 5.75 Å². The van der Waals surface area contributed by atoms with E-state index in [4.69, 9.17) is 16.3 Å². The van der Waals surface area contributed by atoms with Gasteiger partial charge in [0.1, 0.15) is 5.75 Å². The van der Waals surface area contributed by atoms with Gasteiger partial charge < -0.3 is 19.9 Å². The molecule has 3 rings (SSSR count). The fourth-order valence-electron chi connectivity index (χ4n) is 3.90. The lowest BCUT2D eigenvalue weighted by atomic mass is 9.93. The molecule has 0 spiro atoms. The molecule has 2 aliphatic heterocycles. The van der Waals surface area contributed by atoms with Crippen molar-refractivity contribution < 1.29 is 14.3 Å². The molecule has 1 aromatic carbocycles. The van der Waals surface area contributed by atoms with Crippen LogP contribution >= 0.6 is 11.6 Å². The first-order chi connectivity index (χ1) is 13.0. The van der Waals surface area contributed by atoms with Gasteiger partial charge in [-0.05, 0) is 43.7 Å². The van der Waals surface area contributed by atoms with Crippen LogP contribution in [0.25, 0.3) is 0 Å². The zero-order valence-electron chi connectivity index (χ0n) is 16.0. The van der Waals surface area contributed by atoms with Gasteiger partial charge in [0.25, 0.3) is 0 Å². The summed E-state index contributed by atoms with van der Waals surface area (Å²) >= 11 is 6.16. The number of rotatable bonds is 3. The van der Waals surface area contributed by atoms with Crippen LogP contribution in [-0.2, 0) is 4.79 Å². The lowest BCUT2D eigenvalue weighted by molar-refractivity contribution is -0.138. The molecule has 148 valence electrons. The molecule has 1 unspecified atom stereocenters. The number of amides is 3. The Hall–Kier alpha value is -1.95. The number of likely N-dealkylation sites (tertiary alicyclic amines) is 2. The minimum Gasteiger partial charge on any atom is -0.497 e. The topological polar surface area (TPSA) is 61.9 Å². The van der Waals surface area contributed by atoms with Crippen LogP contribution in [0, 0.1) is 11.8 Å². The maximum Gasteiger partial charge on any atom is 0.321 e. The minimum absolute atomic E-state index is 0.0276. The Morgan fingerprint density at radius 1 is 1.15 bits per heavy atom. The van der Waals surface area contributed by atoms with Gasteiger partial charge in [-0.15, -0.1) is 0 Å². The van der Waals surface area contributed by atoms with Gasteiger partial charge in [0.05, 0.1) is 17.8 Å². The predicted octanol–water partition coefficient (Wildman–Crippen LogP) is 3.85. The molecule has 0 saturated carbocycles. The summed E-state index contributed by atoms with van der Waals surface area (Å²) in [5.41, 5.74) is 0.529. The lowest BCUT2D eigenvalue weighted by Gasteiger charge is -2.37. The molecule has 0 aliphatic carbocycles. The molecule has 2 aliphatic rings. The number of hydrogen-bond donors (Lipinski definition) is 1. The Labute approximate surface area is 165 Å². The average Bonchev–Trinajstić information content (AvgIpc) is 2.69. The fraction of sp³-hybridized carbons (Fsp3) is 0.600. The molecule has 3 amide bonds. The highest BCUT2D eigenvalue weighted by molar-refractivity contribution is 6.33. The minimum atomic E-state index is -0.192. The highest BCUT2D eigenvalue weighted by Gasteiger charge is 2.31. The number of piperidine rings is 2. The van der Waals surface area contributed by atoms with E-state index in [1.165, 1.54) is 6.42 Å². The van der Waals surface area contributed by atoms with Crippen LogP contribution < -0.4 is 10.1 Å². The quantitative estimate of drug-likeness (QED) is 0.848. The number of halogens is 1. The van der Waals surface area contributed by atoms with Gasteiger partial charge in [0.15, 0.2) is 0 Å². The van der Waals surface area contributed by atoms with E-state index in [0.29, 0.717) is 48.3 Å². The summed E-state index contributed by atoms with van der Waals surface area (Å²) in [6.45, 7) is 5.10. The SMILES string of the molecule is COc1ccc(Cl)c(NC(=O)N2CCC(C(=O)N3CCCC(C)C3)CC2)c1. The third-order valence-corrected chi connectivity index (χ3v) is 5.84.